The highest BCUT2D eigenvalue weighted by Crippen LogP contribution is 2.26. The summed E-state index contributed by atoms with van der Waals surface area (Å²) in [6, 6.07) is 23.3. The van der Waals surface area contributed by atoms with Crippen molar-refractivity contribution in [3.05, 3.63) is 113 Å². The lowest BCUT2D eigenvalue weighted by molar-refractivity contribution is 0.0726. The number of rotatable bonds is 6. The molecule has 1 aromatic heterocycles. The van der Waals surface area contributed by atoms with Crippen molar-refractivity contribution < 1.29 is 13.7 Å². The number of hydrogen-bond donors (Lipinski definition) is 0. The second kappa shape index (κ2) is 8.96. The minimum Gasteiger partial charge on any atom is -0.356 e. The third-order valence-electron chi connectivity index (χ3n) is 5.15. The summed E-state index contributed by atoms with van der Waals surface area (Å²) in [6.45, 7) is 4.76. The number of amides is 1. The topological polar surface area (TPSA) is 46.3 Å². The number of halogens is 1. The molecule has 0 aliphatic rings. The molecule has 0 bridgehead atoms. The molecule has 4 aromatic rings. The largest absolute Gasteiger partial charge is 0.356 e. The smallest absolute Gasteiger partial charge is 0.254 e. The lowest BCUT2D eigenvalue weighted by Gasteiger charge is -2.22. The molecule has 0 fully saturated rings. The highest BCUT2D eigenvalue weighted by Gasteiger charge is 2.19. The van der Waals surface area contributed by atoms with Gasteiger partial charge in [0.2, 0.25) is 0 Å². The van der Waals surface area contributed by atoms with Crippen molar-refractivity contribution in [2.75, 3.05) is 0 Å². The second-order valence-electron chi connectivity index (χ2n) is 7.65. The number of carbonyl (C=O) groups excluding carboxylic acids is 1. The van der Waals surface area contributed by atoms with Crippen LogP contribution in [0.25, 0.3) is 11.3 Å². The molecular formula is C26H23FN2O2. The molecule has 4 rings (SSSR count). The Morgan fingerprint density at radius 1 is 0.935 bits per heavy atom. The van der Waals surface area contributed by atoms with Crippen LogP contribution in [0.3, 0.4) is 0 Å². The SMILES string of the molecule is Cc1ccc(-c2cc(CN(Cc3ccccc3)C(=O)c3ccc(F)cc3)no2)c(C)c1. The van der Waals surface area contributed by atoms with Gasteiger partial charge < -0.3 is 9.42 Å². The Morgan fingerprint density at radius 2 is 1.68 bits per heavy atom. The summed E-state index contributed by atoms with van der Waals surface area (Å²) in [5.41, 5.74) is 5.34. The molecule has 156 valence electrons. The van der Waals surface area contributed by atoms with Crippen LogP contribution in [0, 0.1) is 19.7 Å². The molecule has 3 aromatic carbocycles. The third-order valence-corrected chi connectivity index (χ3v) is 5.15. The minimum absolute atomic E-state index is 0.195. The molecule has 0 aliphatic carbocycles. The van der Waals surface area contributed by atoms with Crippen molar-refractivity contribution in [1.82, 2.24) is 10.1 Å². The van der Waals surface area contributed by atoms with E-state index < -0.39 is 0 Å². The van der Waals surface area contributed by atoms with Gasteiger partial charge in [-0.25, -0.2) is 4.39 Å². The van der Waals surface area contributed by atoms with E-state index in [1.54, 1.807) is 4.90 Å². The molecule has 1 heterocycles. The Morgan fingerprint density at radius 3 is 2.39 bits per heavy atom. The van der Waals surface area contributed by atoms with E-state index in [9.17, 15) is 9.18 Å². The van der Waals surface area contributed by atoms with Gasteiger partial charge in [-0.1, -0.05) is 59.3 Å². The lowest BCUT2D eigenvalue weighted by atomic mass is 10.0. The van der Waals surface area contributed by atoms with Gasteiger partial charge in [0.15, 0.2) is 5.76 Å². The summed E-state index contributed by atoms with van der Waals surface area (Å²) in [7, 11) is 0. The van der Waals surface area contributed by atoms with Gasteiger partial charge in [-0.2, -0.15) is 0 Å². The average Bonchev–Trinajstić information content (AvgIpc) is 3.22. The fourth-order valence-corrected chi connectivity index (χ4v) is 3.58. The highest BCUT2D eigenvalue weighted by molar-refractivity contribution is 5.94. The van der Waals surface area contributed by atoms with Crippen molar-refractivity contribution in [3.8, 4) is 11.3 Å². The van der Waals surface area contributed by atoms with Crippen molar-refractivity contribution in [1.29, 1.82) is 0 Å². The number of carbonyl (C=O) groups is 1. The number of benzene rings is 3. The van der Waals surface area contributed by atoms with Gasteiger partial charge in [-0.3, -0.25) is 4.79 Å². The zero-order valence-electron chi connectivity index (χ0n) is 17.5. The fraction of sp³-hybridized carbons (Fsp3) is 0.154. The van der Waals surface area contributed by atoms with E-state index >= 15 is 0 Å². The molecule has 0 unspecified atom stereocenters. The Kier molecular flexibility index (Phi) is 5.94. The molecule has 0 aliphatic heterocycles. The summed E-state index contributed by atoms with van der Waals surface area (Å²) in [6.07, 6.45) is 0. The summed E-state index contributed by atoms with van der Waals surface area (Å²) in [5, 5.41) is 4.20. The van der Waals surface area contributed by atoms with E-state index in [1.165, 1.54) is 29.8 Å². The zero-order chi connectivity index (χ0) is 21.8. The van der Waals surface area contributed by atoms with E-state index in [-0.39, 0.29) is 18.3 Å². The van der Waals surface area contributed by atoms with Crippen molar-refractivity contribution in [2.24, 2.45) is 0 Å². The van der Waals surface area contributed by atoms with Crippen molar-refractivity contribution in [3.63, 3.8) is 0 Å². The van der Waals surface area contributed by atoms with E-state index in [2.05, 4.69) is 11.2 Å². The van der Waals surface area contributed by atoms with Gasteiger partial charge in [-0.05, 0) is 49.2 Å². The molecule has 0 radical (unpaired) electrons. The van der Waals surface area contributed by atoms with Crippen molar-refractivity contribution in [2.45, 2.75) is 26.9 Å². The quantitative estimate of drug-likeness (QED) is 0.392. The maximum atomic E-state index is 13.3. The van der Waals surface area contributed by atoms with Crippen LogP contribution >= 0.6 is 0 Å². The van der Waals surface area contributed by atoms with E-state index in [0.717, 1.165) is 16.7 Å². The molecule has 0 atom stereocenters. The first-order valence-corrected chi connectivity index (χ1v) is 10.1. The summed E-state index contributed by atoms with van der Waals surface area (Å²) < 4.78 is 18.9. The Labute approximate surface area is 180 Å². The third kappa shape index (κ3) is 4.89. The predicted molar refractivity (Wildman–Crippen MR) is 118 cm³/mol. The van der Waals surface area contributed by atoms with Crippen LogP contribution < -0.4 is 0 Å². The first kappa shape index (κ1) is 20.5. The first-order valence-electron chi connectivity index (χ1n) is 10.1. The van der Waals surface area contributed by atoms with Gasteiger partial charge in [0.1, 0.15) is 11.5 Å². The van der Waals surface area contributed by atoms with Crippen LogP contribution in [0.1, 0.15) is 32.7 Å². The molecule has 0 saturated heterocycles. The molecule has 0 spiro atoms. The maximum absolute atomic E-state index is 13.3. The summed E-state index contributed by atoms with van der Waals surface area (Å²) in [4.78, 5) is 14.9. The van der Waals surface area contributed by atoms with Crippen LogP contribution in [0.5, 0.6) is 0 Å². The zero-order valence-corrected chi connectivity index (χ0v) is 17.5. The molecule has 0 saturated carbocycles. The standard InChI is InChI=1S/C26H23FN2O2/c1-18-8-13-24(19(2)14-18)25-15-23(28-31-25)17-29(16-20-6-4-3-5-7-20)26(30)21-9-11-22(27)12-10-21/h3-15H,16-17H2,1-2H3. The van der Waals surface area contributed by atoms with Crippen LogP contribution in [0.2, 0.25) is 0 Å². The van der Waals surface area contributed by atoms with Crippen LogP contribution in [0.4, 0.5) is 4.39 Å². The average molecular weight is 414 g/mol. The van der Waals surface area contributed by atoms with Crippen LogP contribution in [0.15, 0.2) is 83.4 Å². The van der Waals surface area contributed by atoms with Gasteiger partial charge in [0.05, 0.1) is 6.54 Å². The van der Waals surface area contributed by atoms with Crippen LogP contribution in [-0.2, 0) is 13.1 Å². The monoisotopic (exact) mass is 414 g/mol. The van der Waals surface area contributed by atoms with Crippen molar-refractivity contribution >= 4 is 5.91 Å². The van der Waals surface area contributed by atoms with Crippen LogP contribution in [-0.4, -0.2) is 16.0 Å². The first-order chi connectivity index (χ1) is 15.0. The predicted octanol–water partition coefficient (Wildman–Crippen LogP) is 5.94. The van der Waals surface area contributed by atoms with E-state index in [4.69, 9.17) is 4.52 Å². The molecule has 5 heteroatoms. The summed E-state index contributed by atoms with van der Waals surface area (Å²) in [5.74, 6) is 0.0991. The number of nitrogens with zero attached hydrogens (tertiary/aromatic N) is 2. The Balaban J connectivity index is 1.60. The molecule has 0 N–H and O–H groups in total. The van der Waals surface area contributed by atoms with Gasteiger partial charge in [0, 0.05) is 23.7 Å². The lowest BCUT2D eigenvalue weighted by Crippen LogP contribution is -2.30. The van der Waals surface area contributed by atoms with Gasteiger partial charge >= 0.3 is 0 Å². The van der Waals surface area contributed by atoms with Gasteiger partial charge in [-0.15, -0.1) is 0 Å². The molecule has 4 nitrogen and oxygen atoms in total. The highest BCUT2D eigenvalue weighted by atomic mass is 19.1. The minimum atomic E-state index is -0.374. The summed E-state index contributed by atoms with van der Waals surface area (Å²) >= 11 is 0. The van der Waals surface area contributed by atoms with E-state index in [1.807, 2.05) is 62.4 Å². The number of aryl methyl sites for hydroxylation is 2. The number of hydrogen-bond acceptors (Lipinski definition) is 3. The molecular weight excluding hydrogens is 391 g/mol. The fourth-order valence-electron chi connectivity index (χ4n) is 3.58. The normalized spacial score (nSPS) is 10.8. The second-order valence-corrected chi connectivity index (χ2v) is 7.65. The van der Waals surface area contributed by atoms with Gasteiger partial charge in [0.25, 0.3) is 5.91 Å². The number of aromatic nitrogens is 1. The maximum Gasteiger partial charge on any atom is 0.254 e. The molecule has 31 heavy (non-hydrogen) atoms. The Bertz CT molecular complexity index is 1180. The van der Waals surface area contributed by atoms with E-state index in [0.29, 0.717) is 23.6 Å². The molecule has 1 amide bonds. The Hall–Kier alpha value is -3.73.